The molecule has 1 fully saturated rings. The van der Waals surface area contributed by atoms with Crippen molar-refractivity contribution < 1.29 is 18.7 Å². The molecule has 0 spiro atoms. The summed E-state index contributed by atoms with van der Waals surface area (Å²) in [5, 5.41) is 6.22. The number of pyridine rings is 1. The number of amides is 2. The molecule has 30 heavy (non-hydrogen) atoms. The van der Waals surface area contributed by atoms with Crippen LogP contribution in [0, 0.1) is 0 Å². The number of carbonyl (C=O) groups excluding carboxylic acids is 2. The third kappa shape index (κ3) is 4.52. The van der Waals surface area contributed by atoms with E-state index in [4.69, 9.17) is 21.4 Å². The van der Waals surface area contributed by atoms with Crippen LogP contribution in [-0.2, 0) is 22.6 Å². The van der Waals surface area contributed by atoms with E-state index in [0.717, 1.165) is 16.7 Å². The van der Waals surface area contributed by atoms with Crippen molar-refractivity contribution in [1.82, 2.24) is 15.6 Å². The Hall–Kier alpha value is -3.17. The summed E-state index contributed by atoms with van der Waals surface area (Å²) in [4.78, 5) is 28.9. The number of methoxy groups -OCH3 is 1. The number of rotatable bonds is 6. The molecule has 0 aliphatic carbocycles. The van der Waals surface area contributed by atoms with E-state index in [0.29, 0.717) is 32.7 Å². The van der Waals surface area contributed by atoms with Crippen molar-refractivity contribution in [2.24, 2.45) is 0 Å². The van der Waals surface area contributed by atoms with Gasteiger partial charge < -0.3 is 19.8 Å². The molecule has 1 aliphatic rings. The monoisotopic (exact) mass is 439 g/mol. The molecule has 0 saturated carbocycles. The molecule has 0 bridgehead atoms. The van der Waals surface area contributed by atoms with Crippen LogP contribution < -0.4 is 15.4 Å². The Balaban J connectivity index is 1.46. The van der Waals surface area contributed by atoms with E-state index in [1.807, 2.05) is 24.3 Å². The lowest BCUT2D eigenvalue weighted by Crippen LogP contribution is -2.24. The first-order valence-corrected chi connectivity index (χ1v) is 10.3. The van der Waals surface area contributed by atoms with Gasteiger partial charge in [-0.15, -0.1) is 0 Å². The molecule has 1 saturated heterocycles. The minimum atomic E-state index is -0.248. The van der Waals surface area contributed by atoms with E-state index in [-0.39, 0.29) is 18.2 Å². The zero-order valence-electron chi connectivity index (χ0n) is 15.9. The molecule has 3 aromatic rings. The van der Waals surface area contributed by atoms with Crippen LogP contribution in [0.15, 0.2) is 52.0 Å². The number of nitrogens with one attached hydrogen (secondary N) is 2. The number of hydrogen-bond donors (Lipinski definition) is 2. The Morgan fingerprint density at radius 3 is 2.83 bits per heavy atom. The molecule has 9 heteroatoms. The van der Waals surface area contributed by atoms with Gasteiger partial charge in [-0.3, -0.25) is 14.6 Å². The van der Waals surface area contributed by atoms with Crippen LogP contribution >= 0.6 is 24.0 Å². The van der Waals surface area contributed by atoms with Gasteiger partial charge in [0.15, 0.2) is 0 Å². The zero-order valence-corrected chi connectivity index (χ0v) is 17.6. The quantitative estimate of drug-likeness (QED) is 0.450. The number of fused-ring (bicyclic) bond motifs is 1. The summed E-state index contributed by atoms with van der Waals surface area (Å²) >= 11 is 6.18. The maximum Gasteiger partial charge on any atom is 0.263 e. The van der Waals surface area contributed by atoms with Gasteiger partial charge in [-0.2, -0.15) is 0 Å². The average molecular weight is 440 g/mol. The summed E-state index contributed by atoms with van der Waals surface area (Å²) in [5.41, 5.74) is 2.21. The highest BCUT2D eigenvalue weighted by Crippen LogP contribution is 2.29. The first kappa shape index (κ1) is 20.1. The molecule has 4 rings (SSSR count). The van der Waals surface area contributed by atoms with Crippen molar-refractivity contribution in [2.75, 3.05) is 7.11 Å². The number of aromatic nitrogens is 1. The fraction of sp³-hybridized carbons (Fsp3) is 0.143. The van der Waals surface area contributed by atoms with E-state index in [2.05, 4.69) is 15.6 Å². The Morgan fingerprint density at radius 1 is 1.33 bits per heavy atom. The van der Waals surface area contributed by atoms with Crippen molar-refractivity contribution in [3.63, 3.8) is 0 Å². The Labute approximate surface area is 181 Å². The van der Waals surface area contributed by atoms with Crippen LogP contribution in [0.2, 0.25) is 0 Å². The maximum absolute atomic E-state index is 12.4. The summed E-state index contributed by atoms with van der Waals surface area (Å²) in [7, 11) is 1.61. The van der Waals surface area contributed by atoms with Crippen molar-refractivity contribution in [3.05, 3.63) is 64.5 Å². The van der Waals surface area contributed by atoms with Crippen molar-refractivity contribution in [3.8, 4) is 5.75 Å². The molecule has 2 aromatic heterocycles. The largest absolute Gasteiger partial charge is 0.497 e. The Morgan fingerprint density at radius 2 is 2.13 bits per heavy atom. The second-order valence-corrected chi connectivity index (χ2v) is 8.24. The second-order valence-electron chi connectivity index (χ2n) is 6.52. The second kappa shape index (κ2) is 8.68. The van der Waals surface area contributed by atoms with Gasteiger partial charge >= 0.3 is 0 Å². The summed E-state index contributed by atoms with van der Waals surface area (Å²) in [6.45, 7) is 0.411. The summed E-state index contributed by atoms with van der Waals surface area (Å²) in [5.74, 6) is 0.871. The smallest absolute Gasteiger partial charge is 0.263 e. The fourth-order valence-corrected chi connectivity index (χ4v) is 3.99. The van der Waals surface area contributed by atoms with Gasteiger partial charge in [0.1, 0.15) is 21.4 Å². The number of nitrogens with zero attached hydrogens (tertiary/aromatic N) is 1. The summed E-state index contributed by atoms with van der Waals surface area (Å²) < 4.78 is 11.4. The zero-order chi connectivity index (χ0) is 21.1. The predicted molar refractivity (Wildman–Crippen MR) is 119 cm³/mol. The van der Waals surface area contributed by atoms with Crippen LogP contribution in [0.5, 0.6) is 5.75 Å². The van der Waals surface area contributed by atoms with Crippen molar-refractivity contribution in [2.45, 2.75) is 13.0 Å². The van der Waals surface area contributed by atoms with Crippen molar-refractivity contribution in [1.29, 1.82) is 0 Å². The van der Waals surface area contributed by atoms with E-state index in [1.54, 1.807) is 31.6 Å². The van der Waals surface area contributed by atoms with Gasteiger partial charge in [0.05, 0.1) is 18.4 Å². The van der Waals surface area contributed by atoms with Gasteiger partial charge in [0.25, 0.3) is 5.91 Å². The highest BCUT2D eigenvalue weighted by atomic mass is 32.2. The minimum Gasteiger partial charge on any atom is -0.497 e. The first-order valence-electron chi connectivity index (χ1n) is 9.03. The van der Waals surface area contributed by atoms with Gasteiger partial charge in [0.2, 0.25) is 5.91 Å². The molecule has 3 heterocycles. The Bertz CT molecular complexity index is 1170. The maximum atomic E-state index is 12.4. The number of furan rings is 1. The number of hydrogen-bond acceptors (Lipinski definition) is 7. The van der Waals surface area contributed by atoms with Gasteiger partial charge in [-0.1, -0.05) is 36.1 Å². The normalized spacial score (nSPS) is 14.9. The predicted octanol–water partition coefficient (Wildman–Crippen LogP) is 3.18. The topological polar surface area (TPSA) is 93.5 Å². The average Bonchev–Trinajstić information content (AvgIpc) is 3.29. The standard InChI is InChI=1S/C21H17N3O4S2/c1-27-15-4-2-12(3-5-15)9-23-18(25)7-14-11-22-10-13-6-16(28-19(13)14)8-17-20(26)24-21(29)30-17/h2-6,8,10-11H,7,9H2,1H3,(H,23,25)(H,24,26,29)/b17-8-. The van der Waals surface area contributed by atoms with Crippen LogP contribution in [0.1, 0.15) is 16.9 Å². The highest BCUT2D eigenvalue weighted by molar-refractivity contribution is 8.26. The van der Waals surface area contributed by atoms with Crippen LogP contribution in [0.4, 0.5) is 0 Å². The molecule has 1 aromatic carbocycles. The molecule has 0 radical (unpaired) electrons. The van der Waals surface area contributed by atoms with Crippen LogP contribution in [0.3, 0.4) is 0 Å². The highest BCUT2D eigenvalue weighted by Gasteiger charge is 2.23. The van der Waals surface area contributed by atoms with Gasteiger partial charge in [0, 0.05) is 36.0 Å². The number of ether oxygens (including phenoxy) is 1. The summed E-state index contributed by atoms with van der Waals surface area (Å²) in [6.07, 6.45) is 5.03. The lowest BCUT2D eigenvalue weighted by atomic mass is 10.1. The molecule has 7 nitrogen and oxygen atoms in total. The van der Waals surface area contributed by atoms with E-state index in [1.165, 1.54) is 11.8 Å². The van der Waals surface area contributed by atoms with E-state index in [9.17, 15) is 9.59 Å². The summed E-state index contributed by atoms with van der Waals surface area (Å²) in [6, 6.07) is 9.28. The number of thioether (sulfide) groups is 1. The minimum absolute atomic E-state index is 0.128. The Kier molecular flexibility index (Phi) is 5.82. The molecule has 2 N–H and O–H groups in total. The molecule has 0 unspecified atom stereocenters. The van der Waals surface area contributed by atoms with E-state index >= 15 is 0 Å². The lowest BCUT2D eigenvalue weighted by molar-refractivity contribution is -0.120. The first-order chi connectivity index (χ1) is 14.5. The molecular formula is C21H17N3O4S2. The van der Waals surface area contributed by atoms with Gasteiger partial charge in [-0.25, -0.2) is 0 Å². The van der Waals surface area contributed by atoms with Crippen molar-refractivity contribution >= 4 is 57.2 Å². The molecule has 0 atom stereocenters. The van der Waals surface area contributed by atoms with E-state index < -0.39 is 0 Å². The number of benzene rings is 1. The lowest BCUT2D eigenvalue weighted by Gasteiger charge is -2.07. The molecule has 1 aliphatic heterocycles. The number of carbonyl (C=O) groups is 2. The van der Waals surface area contributed by atoms with Crippen LogP contribution in [-0.4, -0.2) is 28.2 Å². The molecular weight excluding hydrogens is 422 g/mol. The third-order valence-electron chi connectivity index (χ3n) is 4.43. The third-order valence-corrected chi connectivity index (χ3v) is 5.59. The van der Waals surface area contributed by atoms with Crippen LogP contribution in [0.25, 0.3) is 17.0 Å². The number of thiocarbonyl (C=S) groups is 1. The molecule has 2 amide bonds. The fourth-order valence-electron chi connectivity index (χ4n) is 2.96. The molecule has 152 valence electrons. The van der Waals surface area contributed by atoms with Gasteiger partial charge in [-0.05, 0) is 23.8 Å². The SMILES string of the molecule is COc1ccc(CNC(=O)Cc2cncc3cc(/C=C4\SC(=S)NC4=O)oc23)cc1.